The van der Waals surface area contributed by atoms with Crippen LogP contribution < -0.4 is 5.43 Å². The molecule has 1 aromatic carbocycles. The molecule has 0 bridgehead atoms. The summed E-state index contributed by atoms with van der Waals surface area (Å²) in [6.45, 7) is 8.13. The lowest BCUT2D eigenvalue weighted by molar-refractivity contribution is 0.794. The molecule has 0 radical (unpaired) electrons. The Kier molecular flexibility index (Phi) is 5.64. The minimum Gasteiger partial charge on any atom is -0.245 e. The molecule has 4 nitrogen and oxygen atoms in total. The second-order valence-corrected chi connectivity index (χ2v) is 5.54. The first-order valence-corrected chi connectivity index (χ1v) is 7.81. The summed E-state index contributed by atoms with van der Waals surface area (Å²) < 4.78 is 0. The van der Waals surface area contributed by atoms with Crippen molar-refractivity contribution in [1.29, 1.82) is 0 Å². The van der Waals surface area contributed by atoms with Crippen LogP contribution in [0.2, 0.25) is 0 Å². The van der Waals surface area contributed by atoms with Gasteiger partial charge in [-0.2, -0.15) is 5.10 Å². The van der Waals surface area contributed by atoms with Crippen LogP contribution in [0.4, 0.5) is 5.95 Å². The smallest absolute Gasteiger partial charge is 0.243 e. The molecule has 1 aromatic heterocycles. The van der Waals surface area contributed by atoms with Crippen LogP contribution in [0.1, 0.15) is 49.2 Å². The Morgan fingerprint density at radius 3 is 2.50 bits per heavy atom. The number of rotatable bonds is 6. The highest BCUT2D eigenvalue weighted by Crippen LogP contribution is 2.14. The third-order valence-electron chi connectivity index (χ3n) is 3.51. The summed E-state index contributed by atoms with van der Waals surface area (Å²) in [5.41, 5.74) is 8.33. The predicted molar refractivity (Wildman–Crippen MR) is 92.4 cm³/mol. The maximum Gasteiger partial charge on any atom is 0.243 e. The molecule has 0 atom stereocenters. The number of nitrogens with zero attached hydrogens (tertiary/aromatic N) is 3. The van der Waals surface area contributed by atoms with Gasteiger partial charge in [-0.3, -0.25) is 0 Å². The van der Waals surface area contributed by atoms with Gasteiger partial charge in [0.05, 0.1) is 5.71 Å². The standard InChI is InChI=1S/C18H24N4/c1-5-6-9-16-10-7-8-11-17(16)15(4)21-22-18-19-13(2)12-14(3)20-18/h7-8,10-12H,5-6,9H2,1-4H3,(H,19,20,22). The number of hydrazone groups is 1. The molecule has 0 aliphatic heterocycles. The monoisotopic (exact) mass is 296 g/mol. The Bertz CT molecular complexity index is 642. The molecular formula is C18H24N4. The zero-order valence-corrected chi connectivity index (χ0v) is 13.8. The molecule has 0 amide bonds. The highest BCUT2D eigenvalue weighted by molar-refractivity contribution is 6.00. The summed E-state index contributed by atoms with van der Waals surface area (Å²) in [5, 5.41) is 4.46. The van der Waals surface area contributed by atoms with Crippen LogP contribution in [0, 0.1) is 13.8 Å². The van der Waals surface area contributed by atoms with Gasteiger partial charge in [0.2, 0.25) is 5.95 Å². The summed E-state index contributed by atoms with van der Waals surface area (Å²) >= 11 is 0. The van der Waals surface area contributed by atoms with E-state index in [1.807, 2.05) is 26.8 Å². The second kappa shape index (κ2) is 7.69. The highest BCUT2D eigenvalue weighted by atomic mass is 15.4. The third kappa shape index (κ3) is 4.38. The van der Waals surface area contributed by atoms with E-state index < -0.39 is 0 Å². The zero-order valence-electron chi connectivity index (χ0n) is 13.8. The van der Waals surface area contributed by atoms with Crippen molar-refractivity contribution >= 4 is 11.7 Å². The van der Waals surface area contributed by atoms with Gasteiger partial charge in [-0.1, -0.05) is 37.6 Å². The molecule has 116 valence electrons. The Hall–Kier alpha value is -2.23. The van der Waals surface area contributed by atoms with Gasteiger partial charge >= 0.3 is 0 Å². The molecule has 1 N–H and O–H groups in total. The van der Waals surface area contributed by atoms with Gasteiger partial charge in [0.25, 0.3) is 0 Å². The van der Waals surface area contributed by atoms with Crippen molar-refractivity contribution < 1.29 is 0 Å². The summed E-state index contributed by atoms with van der Waals surface area (Å²) in [6.07, 6.45) is 3.47. The topological polar surface area (TPSA) is 50.2 Å². The van der Waals surface area contributed by atoms with E-state index in [4.69, 9.17) is 0 Å². The molecule has 0 fully saturated rings. The minimum absolute atomic E-state index is 0.544. The van der Waals surface area contributed by atoms with Crippen molar-refractivity contribution in [2.45, 2.75) is 47.0 Å². The van der Waals surface area contributed by atoms with Crippen molar-refractivity contribution in [3.63, 3.8) is 0 Å². The van der Waals surface area contributed by atoms with Crippen molar-refractivity contribution in [3.05, 3.63) is 52.8 Å². The summed E-state index contributed by atoms with van der Waals surface area (Å²) in [7, 11) is 0. The van der Waals surface area contributed by atoms with Crippen LogP contribution in [0.15, 0.2) is 35.4 Å². The number of hydrogen-bond acceptors (Lipinski definition) is 4. The number of aromatic nitrogens is 2. The number of aryl methyl sites for hydroxylation is 3. The first-order chi connectivity index (χ1) is 10.6. The molecule has 1 heterocycles. The number of benzene rings is 1. The van der Waals surface area contributed by atoms with Crippen LogP contribution in [-0.2, 0) is 6.42 Å². The number of nitrogens with one attached hydrogen (secondary N) is 1. The number of unbranched alkanes of at least 4 members (excludes halogenated alkanes) is 1. The summed E-state index contributed by atoms with van der Waals surface area (Å²) in [6, 6.07) is 10.4. The Morgan fingerprint density at radius 2 is 1.82 bits per heavy atom. The SMILES string of the molecule is CCCCc1ccccc1C(C)=NNc1nc(C)cc(C)n1. The molecule has 0 spiro atoms. The van der Waals surface area contributed by atoms with Crippen molar-refractivity contribution in [1.82, 2.24) is 9.97 Å². The van der Waals surface area contributed by atoms with Crippen molar-refractivity contribution in [2.75, 3.05) is 5.43 Å². The van der Waals surface area contributed by atoms with E-state index >= 15 is 0 Å². The van der Waals surface area contributed by atoms with Gasteiger partial charge in [-0.05, 0) is 45.2 Å². The van der Waals surface area contributed by atoms with Gasteiger partial charge in [0, 0.05) is 17.0 Å². The fourth-order valence-corrected chi connectivity index (χ4v) is 2.43. The van der Waals surface area contributed by atoms with Gasteiger partial charge in [-0.25, -0.2) is 15.4 Å². The third-order valence-corrected chi connectivity index (χ3v) is 3.51. The molecule has 0 saturated carbocycles. The molecule has 2 aromatic rings. The van der Waals surface area contributed by atoms with Crippen LogP contribution in [0.25, 0.3) is 0 Å². The van der Waals surface area contributed by atoms with E-state index in [0.717, 1.165) is 23.5 Å². The lowest BCUT2D eigenvalue weighted by Crippen LogP contribution is -2.06. The molecule has 22 heavy (non-hydrogen) atoms. The van der Waals surface area contributed by atoms with Crippen LogP contribution in [0.5, 0.6) is 0 Å². The van der Waals surface area contributed by atoms with Crippen LogP contribution in [0.3, 0.4) is 0 Å². The first-order valence-electron chi connectivity index (χ1n) is 7.81. The maximum atomic E-state index is 4.46. The molecular weight excluding hydrogens is 272 g/mol. The lowest BCUT2D eigenvalue weighted by Gasteiger charge is -2.09. The van der Waals surface area contributed by atoms with E-state index in [-0.39, 0.29) is 0 Å². The molecule has 4 heteroatoms. The molecule has 0 aliphatic carbocycles. The van der Waals surface area contributed by atoms with Gasteiger partial charge < -0.3 is 0 Å². The van der Waals surface area contributed by atoms with E-state index in [2.05, 4.69) is 51.7 Å². The van der Waals surface area contributed by atoms with E-state index in [9.17, 15) is 0 Å². The largest absolute Gasteiger partial charge is 0.245 e. The molecule has 2 rings (SSSR count). The molecule has 0 unspecified atom stereocenters. The normalized spacial score (nSPS) is 11.5. The average Bonchev–Trinajstić information content (AvgIpc) is 2.50. The molecule has 0 aliphatic rings. The van der Waals surface area contributed by atoms with E-state index in [0.29, 0.717) is 5.95 Å². The van der Waals surface area contributed by atoms with Crippen molar-refractivity contribution in [3.8, 4) is 0 Å². The summed E-state index contributed by atoms with van der Waals surface area (Å²) in [4.78, 5) is 8.68. The minimum atomic E-state index is 0.544. The predicted octanol–water partition coefficient (Wildman–Crippen LogP) is 4.27. The molecule has 0 saturated heterocycles. The van der Waals surface area contributed by atoms with Crippen LogP contribution in [-0.4, -0.2) is 15.7 Å². The van der Waals surface area contributed by atoms with Crippen LogP contribution >= 0.6 is 0 Å². The Morgan fingerprint density at radius 1 is 1.14 bits per heavy atom. The highest BCUT2D eigenvalue weighted by Gasteiger charge is 2.05. The quantitative estimate of drug-likeness (QED) is 0.639. The van der Waals surface area contributed by atoms with Gasteiger partial charge in [-0.15, -0.1) is 0 Å². The van der Waals surface area contributed by atoms with Crippen molar-refractivity contribution in [2.24, 2.45) is 5.10 Å². The average molecular weight is 296 g/mol. The Balaban J connectivity index is 2.18. The van der Waals surface area contributed by atoms with E-state index in [1.54, 1.807) is 0 Å². The second-order valence-electron chi connectivity index (χ2n) is 5.54. The Labute approximate surface area is 132 Å². The lowest BCUT2D eigenvalue weighted by atomic mass is 9.99. The van der Waals surface area contributed by atoms with E-state index in [1.165, 1.54) is 24.0 Å². The zero-order chi connectivity index (χ0) is 15.9. The first kappa shape index (κ1) is 16.1. The van der Waals surface area contributed by atoms with Gasteiger partial charge in [0.1, 0.15) is 0 Å². The maximum absolute atomic E-state index is 4.46. The number of hydrogen-bond donors (Lipinski definition) is 1. The number of anilines is 1. The fraction of sp³-hybridized carbons (Fsp3) is 0.389. The summed E-state index contributed by atoms with van der Waals surface area (Å²) in [5.74, 6) is 0.544. The fourth-order valence-electron chi connectivity index (χ4n) is 2.43. The van der Waals surface area contributed by atoms with Gasteiger partial charge in [0.15, 0.2) is 0 Å².